The Labute approximate surface area is 336 Å². The number of fused-ring (bicyclic) bond motifs is 8. The van der Waals surface area contributed by atoms with E-state index in [1.54, 1.807) is 0 Å². The van der Waals surface area contributed by atoms with Gasteiger partial charge in [-0.3, -0.25) is 0 Å². The third-order valence-corrected chi connectivity index (χ3v) is 11.2. The van der Waals surface area contributed by atoms with Crippen LogP contribution in [0.4, 0.5) is 0 Å². The fourth-order valence-electron chi connectivity index (χ4n) is 8.46. The molecule has 9 aromatic carbocycles. The van der Waals surface area contributed by atoms with Crippen LogP contribution in [0.3, 0.4) is 0 Å². The number of hydrogen-bond donors (Lipinski definition) is 0. The number of benzene rings is 9. The first-order valence-corrected chi connectivity index (χ1v) is 19.7. The second-order valence-corrected chi connectivity index (χ2v) is 14.8. The summed E-state index contributed by atoms with van der Waals surface area (Å²) in [5.41, 5.74) is 12.4. The van der Waals surface area contributed by atoms with Crippen molar-refractivity contribution in [3.63, 3.8) is 0 Å². The third kappa shape index (κ3) is 5.89. The Morgan fingerprint density at radius 1 is 0.241 bits per heavy atom. The molecule has 0 fully saturated rings. The van der Waals surface area contributed by atoms with Crippen molar-refractivity contribution in [2.45, 2.75) is 0 Å². The topological polar surface area (TPSA) is 38.7 Å². The van der Waals surface area contributed by atoms with Crippen molar-refractivity contribution in [2.75, 3.05) is 0 Å². The van der Waals surface area contributed by atoms with E-state index in [4.69, 9.17) is 15.0 Å². The highest BCUT2D eigenvalue weighted by atomic mass is 14.9. The van der Waals surface area contributed by atoms with Crippen LogP contribution in [0, 0.1) is 0 Å². The van der Waals surface area contributed by atoms with E-state index in [9.17, 15) is 0 Å². The first-order chi connectivity index (χ1) is 28.7. The highest BCUT2D eigenvalue weighted by molar-refractivity contribution is 6.33. The first-order valence-electron chi connectivity index (χ1n) is 19.7. The van der Waals surface area contributed by atoms with E-state index in [1.807, 2.05) is 12.1 Å². The minimum Gasteiger partial charge on any atom is -0.247 e. The molecule has 0 unspecified atom stereocenters. The summed E-state index contributed by atoms with van der Waals surface area (Å²) < 4.78 is 0. The van der Waals surface area contributed by atoms with Gasteiger partial charge < -0.3 is 0 Å². The third-order valence-electron chi connectivity index (χ3n) is 11.2. The molecule has 0 saturated carbocycles. The van der Waals surface area contributed by atoms with Crippen LogP contribution in [-0.4, -0.2) is 15.0 Å². The van der Waals surface area contributed by atoms with E-state index in [2.05, 4.69) is 200 Å². The summed E-state index contributed by atoms with van der Waals surface area (Å²) in [6.45, 7) is 0. The predicted molar refractivity (Wildman–Crippen MR) is 242 cm³/mol. The van der Waals surface area contributed by atoms with Gasteiger partial charge in [0.15, 0.2) is 5.82 Å². The zero-order chi connectivity index (χ0) is 38.4. The normalized spacial score (nSPS) is 11.4. The fourth-order valence-corrected chi connectivity index (χ4v) is 8.46. The van der Waals surface area contributed by atoms with Crippen LogP contribution in [-0.2, 0) is 0 Å². The second-order valence-electron chi connectivity index (χ2n) is 14.8. The number of para-hydroxylation sites is 1. The molecule has 0 atom stereocenters. The van der Waals surface area contributed by atoms with Gasteiger partial charge in [-0.25, -0.2) is 15.0 Å². The standard InChI is InChI=1S/C55H35N3/c1-3-15-36(16-4-1)41-20-14-22-43(34-41)55-57-50(38-17-5-2-6-18-38)35-51(58-55)39-31-29-37(30-32-39)40-19-13-21-42(33-40)54-53-47-26-10-8-24-45(47)44-23-7-9-25-46(44)52(53)48-27-11-12-28-49(48)56-54/h1-35H. The Bertz CT molecular complexity index is 3320. The van der Waals surface area contributed by atoms with Gasteiger partial charge in [-0.15, -0.1) is 0 Å². The maximum absolute atomic E-state index is 5.39. The molecule has 270 valence electrons. The summed E-state index contributed by atoms with van der Waals surface area (Å²) in [5, 5.41) is 8.55. The molecule has 2 aromatic heterocycles. The first kappa shape index (κ1) is 33.6. The van der Waals surface area contributed by atoms with Crippen LogP contribution < -0.4 is 0 Å². The number of hydrogen-bond acceptors (Lipinski definition) is 3. The Kier molecular flexibility index (Phi) is 8.15. The quantitative estimate of drug-likeness (QED) is 0.160. The van der Waals surface area contributed by atoms with E-state index < -0.39 is 0 Å². The minimum absolute atomic E-state index is 0.696. The van der Waals surface area contributed by atoms with Crippen LogP contribution in [0.1, 0.15) is 0 Å². The Morgan fingerprint density at radius 2 is 0.672 bits per heavy atom. The lowest BCUT2D eigenvalue weighted by molar-refractivity contribution is 1.18. The average Bonchev–Trinajstić information content (AvgIpc) is 3.31. The summed E-state index contributed by atoms with van der Waals surface area (Å²) >= 11 is 0. The molecule has 58 heavy (non-hydrogen) atoms. The second kappa shape index (κ2) is 14.1. The van der Waals surface area contributed by atoms with Crippen molar-refractivity contribution in [3.8, 4) is 67.4 Å². The molecule has 2 heterocycles. The van der Waals surface area contributed by atoms with E-state index in [0.29, 0.717) is 5.82 Å². The van der Waals surface area contributed by atoms with E-state index in [-0.39, 0.29) is 0 Å². The fraction of sp³-hybridized carbons (Fsp3) is 0. The van der Waals surface area contributed by atoms with E-state index in [1.165, 1.54) is 37.7 Å². The smallest absolute Gasteiger partial charge is 0.160 e. The SMILES string of the molecule is c1ccc(-c2cccc(-c3nc(-c4ccccc4)cc(-c4ccc(-c5cccc(-c6nc7ccccc7c7c8ccccc8c8ccccc8c67)c5)cc4)n3)c2)cc1. The molecular formula is C55H35N3. The van der Waals surface area contributed by atoms with Crippen LogP contribution in [0.15, 0.2) is 212 Å². The minimum atomic E-state index is 0.696. The van der Waals surface area contributed by atoms with Crippen LogP contribution in [0.5, 0.6) is 0 Å². The van der Waals surface area contributed by atoms with Crippen molar-refractivity contribution < 1.29 is 0 Å². The van der Waals surface area contributed by atoms with Crippen molar-refractivity contribution in [3.05, 3.63) is 212 Å². The Balaban J connectivity index is 1.02. The van der Waals surface area contributed by atoms with Crippen LogP contribution >= 0.6 is 0 Å². The molecule has 0 bridgehead atoms. The lowest BCUT2D eigenvalue weighted by atomic mass is 9.89. The molecule has 11 aromatic rings. The zero-order valence-electron chi connectivity index (χ0n) is 31.5. The lowest BCUT2D eigenvalue weighted by Crippen LogP contribution is -1.96. The molecule has 0 N–H and O–H groups in total. The summed E-state index contributed by atoms with van der Waals surface area (Å²) in [5.74, 6) is 0.696. The Morgan fingerprint density at radius 3 is 1.33 bits per heavy atom. The number of aromatic nitrogens is 3. The molecule has 0 radical (unpaired) electrons. The molecule has 11 rings (SSSR count). The molecule has 0 aliphatic heterocycles. The van der Waals surface area contributed by atoms with Crippen molar-refractivity contribution >= 4 is 43.2 Å². The van der Waals surface area contributed by atoms with Crippen molar-refractivity contribution in [2.24, 2.45) is 0 Å². The molecule has 0 spiro atoms. The molecule has 3 heteroatoms. The number of nitrogens with zero attached hydrogens (tertiary/aromatic N) is 3. The molecule has 0 aliphatic rings. The molecule has 0 saturated heterocycles. The van der Waals surface area contributed by atoms with Gasteiger partial charge in [-0.05, 0) is 68.1 Å². The lowest BCUT2D eigenvalue weighted by Gasteiger charge is -2.16. The molecule has 3 nitrogen and oxygen atoms in total. The summed E-state index contributed by atoms with van der Waals surface area (Å²) in [7, 11) is 0. The van der Waals surface area contributed by atoms with Gasteiger partial charge in [0.05, 0.1) is 22.6 Å². The molecule has 0 aliphatic carbocycles. The van der Waals surface area contributed by atoms with Crippen molar-refractivity contribution in [1.82, 2.24) is 15.0 Å². The average molecular weight is 738 g/mol. The van der Waals surface area contributed by atoms with E-state index in [0.717, 1.165) is 67.1 Å². The summed E-state index contributed by atoms with van der Waals surface area (Å²) in [6.07, 6.45) is 0. The molecular weight excluding hydrogens is 703 g/mol. The van der Waals surface area contributed by atoms with Gasteiger partial charge in [-0.1, -0.05) is 188 Å². The predicted octanol–water partition coefficient (Wildman–Crippen LogP) is 14.5. The Hall–Kier alpha value is -7.75. The van der Waals surface area contributed by atoms with Gasteiger partial charge in [0, 0.05) is 38.4 Å². The van der Waals surface area contributed by atoms with Gasteiger partial charge >= 0.3 is 0 Å². The number of pyridine rings is 1. The number of rotatable bonds is 6. The maximum atomic E-state index is 5.39. The van der Waals surface area contributed by atoms with Crippen LogP contribution in [0.25, 0.3) is 111 Å². The zero-order valence-corrected chi connectivity index (χ0v) is 31.5. The van der Waals surface area contributed by atoms with Gasteiger partial charge in [0.25, 0.3) is 0 Å². The van der Waals surface area contributed by atoms with E-state index >= 15 is 0 Å². The van der Waals surface area contributed by atoms with Gasteiger partial charge in [0.1, 0.15) is 0 Å². The van der Waals surface area contributed by atoms with Crippen LogP contribution in [0.2, 0.25) is 0 Å². The highest BCUT2D eigenvalue weighted by Crippen LogP contribution is 2.43. The highest BCUT2D eigenvalue weighted by Gasteiger charge is 2.18. The van der Waals surface area contributed by atoms with Crippen molar-refractivity contribution in [1.29, 1.82) is 0 Å². The monoisotopic (exact) mass is 737 g/mol. The van der Waals surface area contributed by atoms with Gasteiger partial charge in [0.2, 0.25) is 0 Å². The largest absolute Gasteiger partial charge is 0.247 e. The maximum Gasteiger partial charge on any atom is 0.160 e. The molecule has 0 amide bonds. The summed E-state index contributed by atoms with van der Waals surface area (Å²) in [4.78, 5) is 15.7. The van der Waals surface area contributed by atoms with Gasteiger partial charge in [-0.2, -0.15) is 0 Å². The summed E-state index contributed by atoms with van der Waals surface area (Å²) in [6, 6.07) is 75.0.